The standard InChI is InChI=1S/C16H12ClN5OS/c17-14-13(10-19-22-15(23)12-8-4-5-9-18-12)24-16(21-14)20-11-6-2-1-3-7-11/h1-10H,(H,20,21)(H,22,23)/b19-10+. The average Bonchev–Trinajstić information content (AvgIpc) is 2.96. The number of halogens is 1. The number of hydrazone groups is 1. The molecule has 2 heterocycles. The van der Waals surface area contributed by atoms with E-state index in [9.17, 15) is 4.79 Å². The number of thiazole rings is 1. The third-order valence-electron chi connectivity index (χ3n) is 2.88. The minimum Gasteiger partial charge on any atom is -0.331 e. The highest BCUT2D eigenvalue weighted by Gasteiger charge is 2.08. The number of nitrogens with one attached hydrogen (secondary N) is 2. The zero-order valence-electron chi connectivity index (χ0n) is 12.3. The molecule has 24 heavy (non-hydrogen) atoms. The molecule has 0 saturated carbocycles. The molecule has 2 aromatic heterocycles. The first kappa shape index (κ1) is 16.1. The minimum atomic E-state index is -0.393. The van der Waals surface area contributed by atoms with Crippen LogP contribution < -0.4 is 10.7 Å². The molecule has 8 heteroatoms. The molecule has 0 aliphatic carbocycles. The topological polar surface area (TPSA) is 79.3 Å². The summed E-state index contributed by atoms with van der Waals surface area (Å²) in [5.74, 6) is -0.393. The maximum Gasteiger partial charge on any atom is 0.289 e. The second-order valence-electron chi connectivity index (χ2n) is 4.58. The van der Waals surface area contributed by atoms with Gasteiger partial charge in [0, 0.05) is 11.9 Å². The van der Waals surface area contributed by atoms with Gasteiger partial charge in [-0.3, -0.25) is 9.78 Å². The lowest BCUT2D eigenvalue weighted by Gasteiger charge is -2.00. The number of aromatic nitrogens is 2. The third kappa shape index (κ3) is 4.15. The van der Waals surface area contributed by atoms with Crippen LogP contribution in [0.4, 0.5) is 10.8 Å². The maximum atomic E-state index is 11.8. The van der Waals surface area contributed by atoms with Gasteiger partial charge in [0.05, 0.1) is 11.1 Å². The van der Waals surface area contributed by atoms with Crippen molar-refractivity contribution in [2.75, 3.05) is 5.32 Å². The van der Waals surface area contributed by atoms with Gasteiger partial charge in [-0.25, -0.2) is 10.4 Å². The van der Waals surface area contributed by atoms with Gasteiger partial charge in [0.25, 0.3) is 5.91 Å². The van der Waals surface area contributed by atoms with Crippen molar-refractivity contribution < 1.29 is 4.79 Å². The van der Waals surface area contributed by atoms with E-state index in [1.54, 1.807) is 24.4 Å². The summed E-state index contributed by atoms with van der Waals surface area (Å²) in [7, 11) is 0. The summed E-state index contributed by atoms with van der Waals surface area (Å²) in [5.41, 5.74) is 3.60. The minimum absolute atomic E-state index is 0.288. The van der Waals surface area contributed by atoms with Crippen molar-refractivity contribution in [3.05, 3.63) is 70.5 Å². The Morgan fingerprint density at radius 1 is 1.17 bits per heavy atom. The van der Waals surface area contributed by atoms with Gasteiger partial charge in [0.15, 0.2) is 10.3 Å². The Bertz CT molecular complexity index is 851. The Labute approximate surface area is 147 Å². The molecular weight excluding hydrogens is 346 g/mol. The van der Waals surface area contributed by atoms with Gasteiger partial charge in [-0.05, 0) is 24.3 Å². The fourth-order valence-corrected chi connectivity index (χ4v) is 2.84. The molecule has 2 N–H and O–H groups in total. The van der Waals surface area contributed by atoms with E-state index >= 15 is 0 Å². The molecule has 6 nitrogen and oxygen atoms in total. The van der Waals surface area contributed by atoms with E-state index < -0.39 is 5.91 Å². The van der Waals surface area contributed by atoms with Crippen molar-refractivity contribution in [1.29, 1.82) is 0 Å². The molecule has 0 unspecified atom stereocenters. The van der Waals surface area contributed by atoms with Gasteiger partial charge in [-0.15, -0.1) is 0 Å². The van der Waals surface area contributed by atoms with Crippen LogP contribution in [-0.2, 0) is 0 Å². The van der Waals surface area contributed by atoms with E-state index in [0.29, 0.717) is 15.2 Å². The highest BCUT2D eigenvalue weighted by Crippen LogP contribution is 2.27. The molecule has 1 amide bonds. The molecule has 120 valence electrons. The predicted octanol–water partition coefficient (Wildman–Crippen LogP) is 3.70. The SMILES string of the molecule is O=C(N/N=C/c1sc(Nc2ccccc2)nc1Cl)c1ccccn1. The molecular formula is C16H12ClN5OS. The quantitative estimate of drug-likeness (QED) is 0.539. The van der Waals surface area contributed by atoms with Crippen LogP contribution in [0.5, 0.6) is 0 Å². The largest absolute Gasteiger partial charge is 0.331 e. The van der Waals surface area contributed by atoms with Crippen LogP contribution in [0.15, 0.2) is 59.8 Å². The van der Waals surface area contributed by atoms with Gasteiger partial charge in [0.2, 0.25) is 0 Å². The van der Waals surface area contributed by atoms with Crippen molar-refractivity contribution in [3.8, 4) is 0 Å². The van der Waals surface area contributed by atoms with Crippen molar-refractivity contribution in [1.82, 2.24) is 15.4 Å². The lowest BCUT2D eigenvalue weighted by molar-refractivity contribution is 0.0950. The van der Waals surface area contributed by atoms with E-state index in [1.807, 2.05) is 30.3 Å². The van der Waals surface area contributed by atoms with Crippen LogP contribution in [0.2, 0.25) is 5.15 Å². The number of anilines is 2. The highest BCUT2D eigenvalue weighted by molar-refractivity contribution is 7.17. The van der Waals surface area contributed by atoms with E-state index in [1.165, 1.54) is 17.6 Å². The molecule has 0 spiro atoms. The van der Waals surface area contributed by atoms with Crippen LogP contribution in [0.25, 0.3) is 0 Å². The zero-order chi connectivity index (χ0) is 16.8. The number of carbonyl (C=O) groups excluding carboxylic acids is 1. The maximum absolute atomic E-state index is 11.8. The molecule has 0 aliphatic heterocycles. The second kappa shape index (κ2) is 7.67. The van der Waals surface area contributed by atoms with Gasteiger partial charge in [0.1, 0.15) is 5.69 Å². The number of amides is 1. The summed E-state index contributed by atoms with van der Waals surface area (Å²) in [4.78, 5) is 20.6. The van der Waals surface area contributed by atoms with Crippen LogP contribution in [0, 0.1) is 0 Å². The number of hydrogen-bond acceptors (Lipinski definition) is 6. The molecule has 3 rings (SSSR count). The molecule has 0 bridgehead atoms. The molecule has 0 saturated heterocycles. The molecule has 3 aromatic rings. The number of rotatable bonds is 5. The summed E-state index contributed by atoms with van der Waals surface area (Å²) in [6.07, 6.45) is 3.00. The molecule has 0 aliphatic rings. The molecule has 1 aromatic carbocycles. The lowest BCUT2D eigenvalue weighted by Crippen LogP contribution is -2.18. The molecule has 0 radical (unpaired) electrons. The second-order valence-corrected chi connectivity index (χ2v) is 5.97. The number of hydrogen-bond donors (Lipinski definition) is 2. The van der Waals surface area contributed by atoms with Crippen LogP contribution in [0.1, 0.15) is 15.4 Å². The summed E-state index contributed by atoms with van der Waals surface area (Å²) >= 11 is 7.42. The third-order valence-corrected chi connectivity index (χ3v) is 4.19. The van der Waals surface area contributed by atoms with Crippen molar-refractivity contribution in [2.45, 2.75) is 0 Å². The Hall–Kier alpha value is -2.77. The van der Waals surface area contributed by atoms with Gasteiger partial charge >= 0.3 is 0 Å². The predicted molar refractivity (Wildman–Crippen MR) is 96.1 cm³/mol. The van der Waals surface area contributed by atoms with Crippen molar-refractivity contribution >= 4 is 45.9 Å². The highest BCUT2D eigenvalue weighted by atomic mass is 35.5. The Morgan fingerprint density at radius 2 is 1.96 bits per heavy atom. The van der Waals surface area contributed by atoms with Gasteiger partial charge in [-0.1, -0.05) is 47.2 Å². The first-order chi connectivity index (χ1) is 11.7. The number of nitrogens with zero attached hydrogens (tertiary/aromatic N) is 3. The number of para-hydroxylation sites is 1. The van der Waals surface area contributed by atoms with E-state index in [2.05, 4.69) is 25.8 Å². The van der Waals surface area contributed by atoms with Crippen LogP contribution >= 0.6 is 22.9 Å². The normalized spacial score (nSPS) is 10.7. The molecule has 0 atom stereocenters. The monoisotopic (exact) mass is 357 g/mol. The van der Waals surface area contributed by atoms with Gasteiger partial charge in [-0.2, -0.15) is 5.10 Å². The Morgan fingerprint density at radius 3 is 2.71 bits per heavy atom. The van der Waals surface area contributed by atoms with E-state index in [-0.39, 0.29) is 5.69 Å². The summed E-state index contributed by atoms with van der Waals surface area (Å²) in [5, 5.41) is 8.00. The first-order valence-corrected chi connectivity index (χ1v) is 8.14. The van der Waals surface area contributed by atoms with E-state index in [0.717, 1.165) is 5.69 Å². The Kier molecular flexibility index (Phi) is 5.15. The van der Waals surface area contributed by atoms with Crippen LogP contribution in [-0.4, -0.2) is 22.1 Å². The fourth-order valence-electron chi connectivity index (χ4n) is 1.80. The summed E-state index contributed by atoms with van der Waals surface area (Å²) in [6, 6.07) is 14.7. The Balaban J connectivity index is 1.64. The smallest absolute Gasteiger partial charge is 0.289 e. The van der Waals surface area contributed by atoms with Gasteiger partial charge < -0.3 is 5.32 Å². The number of carbonyl (C=O) groups is 1. The van der Waals surface area contributed by atoms with Crippen molar-refractivity contribution in [3.63, 3.8) is 0 Å². The molecule has 0 fully saturated rings. The summed E-state index contributed by atoms with van der Waals surface area (Å²) < 4.78 is 0. The first-order valence-electron chi connectivity index (χ1n) is 6.95. The fraction of sp³-hybridized carbons (Fsp3) is 0. The lowest BCUT2D eigenvalue weighted by atomic mass is 10.3. The van der Waals surface area contributed by atoms with E-state index in [4.69, 9.17) is 11.6 Å². The number of pyridine rings is 1. The number of benzene rings is 1. The summed E-state index contributed by atoms with van der Waals surface area (Å²) in [6.45, 7) is 0. The van der Waals surface area contributed by atoms with Crippen molar-refractivity contribution in [2.24, 2.45) is 5.10 Å². The van der Waals surface area contributed by atoms with Crippen LogP contribution in [0.3, 0.4) is 0 Å². The average molecular weight is 358 g/mol. The zero-order valence-corrected chi connectivity index (χ0v) is 13.9.